The molecule has 0 radical (unpaired) electrons. The smallest absolute Gasteiger partial charge is 0.407 e. The first-order chi connectivity index (χ1) is 9.95. The Morgan fingerprint density at radius 1 is 1.43 bits per heavy atom. The zero-order chi connectivity index (χ0) is 15.1. The molecular formula is C13H13FN4O3. The van der Waals surface area contributed by atoms with Gasteiger partial charge in [0.25, 0.3) is 5.91 Å². The van der Waals surface area contributed by atoms with Crippen molar-refractivity contribution in [1.29, 1.82) is 0 Å². The maximum absolute atomic E-state index is 13.5. The van der Waals surface area contributed by atoms with Crippen molar-refractivity contribution in [2.75, 3.05) is 13.1 Å². The van der Waals surface area contributed by atoms with E-state index in [2.05, 4.69) is 5.10 Å². The van der Waals surface area contributed by atoms with E-state index in [1.165, 1.54) is 11.0 Å². The number of carbonyl (C=O) groups is 2. The first kappa shape index (κ1) is 13.3. The van der Waals surface area contributed by atoms with E-state index in [0.717, 1.165) is 6.07 Å². The number of nitrogens with two attached hydrogens (primary N) is 1. The second-order valence-corrected chi connectivity index (χ2v) is 5.04. The van der Waals surface area contributed by atoms with Crippen LogP contribution in [0.25, 0.3) is 10.9 Å². The molecule has 1 unspecified atom stereocenters. The summed E-state index contributed by atoms with van der Waals surface area (Å²) in [7, 11) is 0. The van der Waals surface area contributed by atoms with Crippen LogP contribution in [0.1, 0.15) is 22.8 Å². The average molecular weight is 292 g/mol. The van der Waals surface area contributed by atoms with Gasteiger partial charge in [0.05, 0.1) is 11.6 Å². The first-order valence-corrected chi connectivity index (χ1v) is 6.42. The molecule has 1 aromatic carbocycles. The fourth-order valence-corrected chi connectivity index (χ4v) is 2.62. The van der Waals surface area contributed by atoms with Crippen LogP contribution in [-0.2, 0) is 0 Å². The summed E-state index contributed by atoms with van der Waals surface area (Å²) in [6.45, 7) is 0.741. The number of carboxylic acid groups (broad SMARTS) is 1. The Balaban J connectivity index is 2.00. The minimum absolute atomic E-state index is 0.0248. The summed E-state index contributed by atoms with van der Waals surface area (Å²) in [6, 6.07) is 2.20. The molecule has 3 rings (SSSR count). The fourth-order valence-electron chi connectivity index (χ4n) is 2.62. The van der Waals surface area contributed by atoms with Gasteiger partial charge in [-0.1, -0.05) is 0 Å². The molecule has 0 bridgehead atoms. The Morgan fingerprint density at radius 3 is 2.81 bits per heavy atom. The van der Waals surface area contributed by atoms with Crippen molar-refractivity contribution in [1.82, 2.24) is 14.7 Å². The summed E-state index contributed by atoms with van der Waals surface area (Å²) in [5, 5.41) is 13.7. The van der Waals surface area contributed by atoms with Crippen LogP contribution in [0.2, 0.25) is 0 Å². The number of fused-ring (bicyclic) bond motifs is 1. The molecule has 0 saturated carbocycles. The van der Waals surface area contributed by atoms with Gasteiger partial charge >= 0.3 is 6.09 Å². The topological polar surface area (TPSA) is 101 Å². The lowest BCUT2D eigenvalue weighted by atomic mass is 10.1. The summed E-state index contributed by atoms with van der Waals surface area (Å²) in [4.78, 5) is 23.6. The zero-order valence-electron chi connectivity index (χ0n) is 11.0. The lowest BCUT2D eigenvalue weighted by molar-refractivity contribution is 0.100. The highest BCUT2D eigenvalue weighted by Crippen LogP contribution is 2.25. The lowest BCUT2D eigenvalue weighted by Gasteiger charge is -2.12. The molecule has 1 aliphatic heterocycles. The van der Waals surface area contributed by atoms with Crippen molar-refractivity contribution in [2.45, 2.75) is 12.5 Å². The third-order valence-corrected chi connectivity index (χ3v) is 3.66. The van der Waals surface area contributed by atoms with Gasteiger partial charge in [0.1, 0.15) is 11.3 Å². The molecule has 1 saturated heterocycles. The molecule has 0 aliphatic carbocycles. The molecule has 2 amide bonds. The molecule has 1 aliphatic rings. The number of hydrogen-bond acceptors (Lipinski definition) is 3. The minimum Gasteiger partial charge on any atom is -0.465 e. The first-order valence-electron chi connectivity index (χ1n) is 6.42. The molecule has 0 spiro atoms. The van der Waals surface area contributed by atoms with Gasteiger partial charge in [0.2, 0.25) is 0 Å². The van der Waals surface area contributed by atoms with E-state index in [9.17, 15) is 14.0 Å². The third-order valence-electron chi connectivity index (χ3n) is 3.66. The summed E-state index contributed by atoms with van der Waals surface area (Å²) in [6.07, 6.45) is 1.26. The van der Waals surface area contributed by atoms with Crippen LogP contribution in [0.3, 0.4) is 0 Å². The number of primary amides is 1. The Bertz CT molecular complexity index is 742. The van der Waals surface area contributed by atoms with Gasteiger partial charge in [-0.3, -0.25) is 9.48 Å². The van der Waals surface area contributed by atoms with Crippen LogP contribution in [-0.4, -0.2) is 44.9 Å². The van der Waals surface area contributed by atoms with Gasteiger partial charge in [-0.15, -0.1) is 0 Å². The summed E-state index contributed by atoms with van der Waals surface area (Å²) in [5.74, 6) is -1.31. The second-order valence-electron chi connectivity index (χ2n) is 5.04. The van der Waals surface area contributed by atoms with Crippen molar-refractivity contribution < 1.29 is 19.1 Å². The summed E-state index contributed by atoms with van der Waals surface area (Å²) in [5.41, 5.74) is 5.59. The van der Waals surface area contributed by atoms with E-state index in [0.29, 0.717) is 30.4 Å². The predicted molar refractivity (Wildman–Crippen MR) is 71.5 cm³/mol. The Kier molecular flexibility index (Phi) is 3.00. The van der Waals surface area contributed by atoms with Gasteiger partial charge in [-0.25, -0.2) is 9.18 Å². The van der Waals surface area contributed by atoms with Gasteiger partial charge in [-0.05, 0) is 18.6 Å². The zero-order valence-corrected chi connectivity index (χ0v) is 11.0. The summed E-state index contributed by atoms with van der Waals surface area (Å²) >= 11 is 0. The number of halogens is 1. The number of nitrogens with zero attached hydrogens (tertiary/aromatic N) is 3. The van der Waals surface area contributed by atoms with Crippen LogP contribution in [0.5, 0.6) is 0 Å². The van der Waals surface area contributed by atoms with Gasteiger partial charge < -0.3 is 15.7 Å². The molecule has 7 nitrogen and oxygen atoms in total. The molecule has 1 atom stereocenters. The van der Waals surface area contributed by atoms with Crippen LogP contribution in [0.4, 0.5) is 9.18 Å². The van der Waals surface area contributed by atoms with E-state index in [-0.39, 0.29) is 11.6 Å². The molecule has 2 aromatic rings. The molecule has 8 heteroatoms. The highest BCUT2D eigenvalue weighted by molar-refractivity contribution is 6.04. The predicted octanol–water partition coefficient (Wildman–Crippen LogP) is 1.20. The normalized spacial score (nSPS) is 18.3. The highest BCUT2D eigenvalue weighted by Gasteiger charge is 2.28. The fraction of sp³-hybridized carbons (Fsp3) is 0.308. The van der Waals surface area contributed by atoms with Crippen LogP contribution < -0.4 is 5.73 Å². The largest absolute Gasteiger partial charge is 0.465 e. The van der Waals surface area contributed by atoms with Crippen LogP contribution in [0.15, 0.2) is 18.3 Å². The number of rotatable bonds is 2. The monoisotopic (exact) mass is 292 g/mol. The third kappa shape index (κ3) is 2.28. The van der Waals surface area contributed by atoms with Crippen molar-refractivity contribution in [3.05, 3.63) is 29.7 Å². The number of carbonyl (C=O) groups excluding carboxylic acids is 1. The maximum atomic E-state index is 13.5. The molecular weight excluding hydrogens is 279 g/mol. The van der Waals surface area contributed by atoms with Gasteiger partial charge in [-0.2, -0.15) is 5.10 Å². The average Bonchev–Trinajstić information content (AvgIpc) is 3.03. The standard InChI is InChI=1S/C13H13FN4O3/c14-8-3-7-5-18(9-1-2-17(6-9)13(20)21)16-11(7)10(4-8)12(15)19/h3-5,9H,1-2,6H2,(H2,15,19)(H,20,21). The number of benzene rings is 1. The lowest BCUT2D eigenvalue weighted by Crippen LogP contribution is -2.27. The SMILES string of the molecule is NC(=O)c1cc(F)cc2cn(C3CCN(C(=O)O)C3)nc12. The van der Waals surface area contributed by atoms with Crippen molar-refractivity contribution >= 4 is 22.9 Å². The molecule has 1 aromatic heterocycles. The second kappa shape index (κ2) is 4.72. The molecule has 21 heavy (non-hydrogen) atoms. The Labute approximate surface area is 118 Å². The number of likely N-dealkylation sites (tertiary alicyclic amines) is 1. The Hall–Kier alpha value is -2.64. The van der Waals surface area contributed by atoms with Crippen molar-refractivity contribution in [2.24, 2.45) is 5.73 Å². The number of amides is 2. The number of aromatic nitrogens is 2. The van der Waals surface area contributed by atoms with E-state index in [4.69, 9.17) is 10.8 Å². The molecule has 1 fully saturated rings. The van der Waals surface area contributed by atoms with Crippen molar-refractivity contribution in [3.8, 4) is 0 Å². The number of hydrogen-bond donors (Lipinski definition) is 2. The van der Waals surface area contributed by atoms with Gasteiger partial charge in [0, 0.05) is 24.7 Å². The maximum Gasteiger partial charge on any atom is 0.407 e. The van der Waals surface area contributed by atoms with Crippen molar-refractivity contribution in [3.63, 3.8) is 0 Å². The highest BCUT2D eigenvalue weighted by atomic mass is 19.1. The van der Waals surface area contributed by atoms with Crippen LogP contribution >= 0.6 is 0 Å². The molecule has 110 valence electrons. The quantitative estimate of drug-likeness (QED) is 0.868. The van der Waals surface area contributed by atoms with E-state index in [1.54, 1.807) is 10.9 Å². The molecule has 3 N–H and O–H groups in total. The Morgan fingerprint density at radius 2 is 2.19 bits per heavy atom. The molecule has 2 heterocycles. The van der Waals surface area contributed by atoms with E-state index >= 15 is 0 Å². The van der Waals surface area contributed by atoms with E-state index in [1.807, 2.05) is 0 Å². The summed E-state index contributed by atoms with van der Waals surface area (Å²) < 4.78 is 15.1. The van der Waals surface area contributed by atoms with E-state index < -0.39 is 17.8 Å². The minimum atomic E-state index is -0.974. The van der Waals surface area contributed by atoms with Gasteiger partial charge in [0.15, 0.2) is 0 Å². The van der Waals surface area contributed by atoms with Crippen LogP contribution in [0, 0.1) is 5.82 Å².